The van der Waals surface area contributed by atoms with Gasteiger partial charge in [-0.05, 0) is 67.3 Å². The van der Waals surface area contributed by atoms with Gasteiger partial charge in [-0.3, -0.25) is 4.79 Å². The van der Waals surface area contributed by atoms with E-state index in [-0.39, 0.29) is 11.9 Å². The molecule has 3 amide bonds. The maximum atomic E-state index is 12.2. The van der Waals surface area contributed by atoms with E-state index in [1.165, 1.54) is 0 Å². The fraction of sp³-hybridized carbons (Fsp3) is 0.391. The van der Waals surface area contributed by atoms with Crippen LogP contribution in [0.5, 0.6) is 0 Å². The van der Waals surface area contributed by atoms with Crippen LogP contribution in [0.15, 0.2) is 54.6 Å². The standard InChI is InChI=1S/C23H28ClN3O2/c24-21-12-10-20(11-13-21)22(28)25-14-18-6-8-19(9-7-18)16-27-23(29)26-15-17-4-2-1-3-5-17/h1-5,10-13,18-19H,6-9,14-16H2,(H,25,28)(H2,26,27,29). The van der Waals surface area contributed by atoms with Crippen molar-refractivity contribution in [2.24, 2.45) is 11.8 Å². The number of hydrogen-bond acceptors (Lipinski definition) is 2. The van der Waals surface area contributed by atoms with Crippen LogP contribution in [0.3, 0.4) is 0 Å². The molecule has 0 aromatic heterocycles. The van der Waals surface area contributed by atoms with Crippen LogP contribution in [-0.4, -0.2) is 25.0 Å². The van der Waals surface area contributed by atoms with Crippen LogP contribution in [0.25, 0.3) is 0 Å². The first-order valence-corrected chi connectivity index (χ1v) is 10.6. The Balaban J connectivity index is 1.29. The molecule has 0 aliphatic heterocycles. The highest BCUT2D eigenvalue weighted by molar-refractivity contribution is 6.30. The van der Waals surface area contributed by atoms with E-state index in [0.717, 1.165) is 31.2 Å². The largest absolute Gasteiger partial charge is 0.352 e. The van der Waals surface area contributed by atoms with Gasteiger partial charge in [0.2, 0.25) is 0 Å². The Morgan fingerprint density at radius 2 is 1.38 bits per heavy atom. The van der Waals surface area contributed by atoms with Gasteiger partial charge < -0.3 is 16.0 Å². The topological polar surface area (TPSA) is 70.2 Å². The summed E-state index contributed by atoms with van der Waals surface area (Å²) in [4.78, 5) is 24.2. The Bertz CT molecular complexity index is 788. The summed E-state index contributed by atoms with van der Waals surface area (Å²) in [6.45, 7) is 1.93. The normalized spacial score (nSPS) is 18.7. The van der Waals surface area contributed by atoms with E-state index in [4.69, 9.17) is 11.6 Å². The molecule has 2 aromatic carbocycles. The van der Waals surface area contributed by atoms with E-state index < -0.39 is 0 Å². The molecule has 3 N–H and O–H groups in total. The maximum absolute atomic E-state index is 12.2. The highest BCUT2D eigenvalue weighted by atomic mass is 35.5. The van der Waals surface area contributed by atoms with E-state index in [9.17, 15) is 9.59 Å². The highest BCUT2D eigenvalue weighted by Gasteiger charge is 2.22. The van der Waals surface area contributed by atoms with Crippen molar-refractivity contribution < 1.29 is 9.59 Å². The zero-order valence-corrected chi connectivity index (χ0v) is 17.3. The molecule has 0 radical (unpaired) electrons. The lowest BCUT2D eigenvalue weighted by molar-refractivity contribution is 0.0941. The minimum absolute atomic E-state index is 0.0551. The van der Waals surface area contributed by atoms with Gasteiger partial charge in [0.05, 0.1) is 0 Å². The lowest BCUT2D eigenvalue weighted by Crippen LogP contribution is -2.39. The minimum Gasteiger partial charge on any atom is -0.352 e. The second kappa shape index (κ2) is 10.9. The van der Waals surface area contributed by atoms with Crippen LogP contribution in [0, 0.1) is 11.8 Å². The summed E-state index contributed by atoms with van der Waals surface area (Å²) >= 11 is 5.86. The second-order valence-corrected chi connectivity index (χ2v) is 8.09. The third-order valence-electron chi connectivity index (χ3n) is 5.47. The fourth-order valence-electron chi connectivity index (χ4n) is 3.66. The molecule has 0 heterocycles. The van der Waals surface area contributed by atoms with Gasteiger partial charge in [-0.2, -0.15) is 0 Å². The van der Waals surface area contributed by atoms with Crippen molar-refractivity contribution >= 4 is 23.5 Å². The van der Waals surface area contributed by atoms with Crippen molar-refractivity contribution in [2.75, 3.05) is 13.1 Å². The number of halogens is 1. The number of carbonyl (C=O) groups excluding carboxylic acids is 2. The molecular formula is C23H28ClN3O2. The number of carbonyl (C=O) groups is 2. The van der Waals surface area contributed by atoms with Crippen LogP contribution < -0.4 is 16.0 Å². The summed E-state index contributed by atoms with van der Waals surface area (Å²) in [5.41, 5.74) is 1.72. The van der Waals surface area contributed by atoms with E-state index in [2.05, 4.69) is 16.0 Å². The molecule has 0 unspecified atom stereocenters. The molecule has 6 heteroatoms. The Hall–Kier alpha value is -2.53. The summed E-state index contributed by atoms with van der Waals surface area (Å²) in [6.07, 6.45) is 4.28. The molecule has 3 rings (SSSR count). The van der Waals surface area contributed by atoms with Gasteiger partial charge in [-0.25, -0.2) is 4.79 Å². The Kier molecular flexibility index (Phi) is 7.94. The smallest absolute Gasteiger partial charge is 0.315 e. The third-order valence-corrected chi connectivity index (χ3v) is 5.72. The van der Waals surface area contributed by atoms with Gasteiger partial charge in [0, 0.05) is 30.2 Å². The predicted octanol–water partition coefficient (Wildman–Crippen LogP) is 4.38. The first-order chi connectivity index (χ1) is 14.1. The summed E-state index contributed by atoms with van der Waals surface area (Å²) in [7, 11) is 0. The van der Waals surface area contributed by atoms with Gasteiger partial charge in [0.15, 0.2) is 0 Å². The molecule has 0 saturated heterocycles. The molecule has 154 valence electrons. The lowest BCUT2D eigenvalue weighted by atomic mass is 9.82. The molecule has 1 aliphatic carbocycles. The monoisotopic (exact) mass is 413 g/mol. The number of nitrogens with one attached hydrogen (secondary N) is 3. The van der Waals surface area contributed by atoms with Crippen LogP contribution in [0.4, 0.5) is 4.79 Å². The molecule has 0 spiro atoms. The number of rotatable bonds is 7. The van der Waals surface area contributed by atoms with Crippen molar-refractivity contribution in [2.45, 2.75) is 32.2 Å². The lowest BCUT2D eigenvalue weighted by Gasteiger charge is -2.28. The summed E-state index contributed by atoms with van der Waals surface area (Å²) in [5, 5.41) is 9.53. The Morgan fingerprint density at radius 3 is 2.00 bits per heavy atom. The van der Waals surface area contributed by atoms with Gasteiger partial charge >= 0.3 is 6.03 Å². The van der Waals surface area contributed by atoms with E-state index in [1.54, 1.807) is 24.3 Å². The summed E-state index contributed by atoms with van der Waals surface area (Å²) in [6, 6.07) is 16.7. The molecule has 0 atom stereocenters. The zero-order chi connectivity index (χ0) is 20.5. The zero-order valence-electron chi connectivity index (χ0n) is 16.5. The molecule has 0 bridgehead atoms. The predicted molar refractivity (Wildman–Crippen MR) is 116 cm³/mol. The molecule has 29 heavy (non-hydrogen) atoms. The van der Waals surface area contributed by atoms with Crippen LogP contribution >= 0.6 is 11.6 Å². The molecule has 1 fully saturated rings. The second-order valence-electron chi connectivity index (χ2n) is 7.65. The van der Waals surface area contributed by atoms with Gasteiger partial charge in [0.1, 0.15) is 0 Å². The minimum atomic E-state index is -0.119. The maximum Gasteiger partial charge on any atom is 0.315 e. The van der Waals surface area contributed by atoms with Crippen molar-refractivity contribution in [1.82, 2.24) is 16.0 Å². The average Bonchev–Trinajstić information content (AvgIpc) is 2.76. The molecule has 1 aliphatic rings. The number of urea groups is 1. The first-order valence-electron chi connectivity index (χ1n) is 10.2. The van der Waals surface area contributed by atoms with Crippen molar-refractivity contribution in [3.8, 4) is 0 Å². The number of amides is 3. The van der Waals surface area contributed by atoms with Crippen LogP contribution in [-0.2, 0) is 6.54 Å². The van der Waals surface area contributed by atoms with Crippen molar-refractivity contribution in [3.63, 3.8) is 0 Å². The van der Waals surface area contributed by atoms with E-state index >= 15 is 0 Å². The molecule has 2 aromatic rings. The quantitative estimate of drug-likeness (QED) is 0.630. The van der Waals surface area contributed by atoms with Crippen molar-refractivity contribution in [1.29, 1.82) is 0 Å². The molecular weight excluding hydrogens is 386 g/mol. The fourth-order valence-corrected chi connectivity index (χ4v) is 3.78. The Labute approximate surface area is 177 Å². The van der Waals surface area contributed by atoms with Gasteiger partial charge in [-0.1, -0.05) is 41.9 Å². The SMILES string of the molecule is O=C(NCc1ccccc1)NCC1CCC(CNC(=O)c2ccc(Cl)cc2)CC1. The van der Waals surface area contributed by atoms with Crippen LogP contribution in [0.1, 0.15) is 41.6 Å². The summed E-state index contributed by atoms with van der Waals surface area (Å²) in [5.74, 6) is 0.940. The number of benzene rings is 2. The van der Waals surface area contributed by atoms with E-state index in [0.29, 0.717) is 42.1 Å². The molecule has 1 saturated carbocycles. The molecule has 5 nitrogen and oxygen atoms in total. The van der Waals surface area contributed by atoms with Crippen molar-refractivity contribution in [3.05, 3.63) is 70.7 Å². The highest BCUT2D eigenvalue weighted by Crippen LogP contribution is 2.28. The summed E-state index contributed by atoms with van der Waals surface area (Å²) < 4.78 is 0. The average molecular weight is 414 g/mol. The third kappa shape index (κ3) is 7.09. The van der Waals surface area contributed by atoms with Gasteiger partial charge in [-0.15, -0.1) is 0 Å². The first kappa shape index (κ1) is 21.2. The van der Waals surface area contributed by atoms with Crippen LogP contribution in [0.2, 0.25) is 5.02 Å². The Morgan fingerprint density at radius 1 is 0.793 bits per heavy atom. The van der Waals surface area contributed by atoms with Gasteiger partial charge in [0.25, 0.3) is 5.91 Å². The van der Waals surface area contributed by atoms with E-state index in [1.807, 2.05) is 30.3 Å². The number of hydrogen-bond donors (Lipinski definition) is 3.